The summed E-state index contributed by atoms with van der Waals surface area (Å²) in [6, 6.07) is 0. The number of rotatable bonds is 4. The first kappa shape index (κ1) is 13.6. The van der Waals surface area contributed by atoms with Crippen LogP contribution in [0.1, 0.15) is 20.8 Å². The Kier molecular flexibility index (Phi) is 4.95. The summed E-state index contributed by atoms with van der Waals surface area (Å²) in [4.78, 5) is 40.9. The fourth-order valence-corrected chi connectivity index (χ4v) is 1.27. The number of carbonyl (C=O) groups excluding carboxylic acids is 3. The molecule has 0 aliphatic heterocycles. The maximum atomic E-state index is 10.7. The van der Waals surface area contributed by atoms with Crippen molar-refractivity contribution in [2.24, 2.45) is 0 Å². The lowest BCUT2D eigenvalue weighted by Crippen LogP contribution is -2.48. The molecule has 15 heavy (non-hydrogen) atoms. The molecule has 1 N–H and O–H groups in total. The van der Waals surface area contributed by atoms with Crippen molar-refractivity contribution in [2.45, 2.75) is 26.4 Å². The van der Waals surface area contributed by atoms with Gasteiger partial charge < -0.3 is 19.0 Å². The van der Waals surface area contributed by atoms with Gasteiger partial charge in [-0.25, -0.2) is 0 Å². The maximum absolute atomic E-state index is 10.7. The van der Waals surface area contributed by atoms with Crippen LogP contribution in [-0.2, 0) is 28.6 Å². The first-order valence-electron chi connectivity index (χ1n) is 3.81. The van der Waals surface area contributed by atoms with Crippen LogP contribution in [0.15, 0.2) is 0 Å². The van der Waals surface area contributed by atoms with Crippen LogP contribution in [0.2, 0.25) is 0 Å². The summed E-state index contributed by atoms with van der Waals surface area (Å²) in [7, 11) is -1.23. The normalized spacial score (nSPS) is 10.4. The van der Waals surface area contributed by atoms with Crippen molar-refractivity contribution in [2.75, 3.05) is 0 Å². The molecule has 0 bridgehead atoms. The van der Waals surface area contributed by atoms with Gasteiger partial charge in [0.2, 0.25) is 0 Å². The molecule has 7 nitrogen and oxygen atoms in total. The smallest absolute Gasteiger partial charge is 0.416 e. The lowest BCUT2D eigenvalue weighted by molar-refractivity contribution is -0.286. The quantitative estimate of drug-likeness (QED) is 0.374. The van der Waals surface area contributed by atoms with Crippen LogP contribution in [0.5, 0.6) is 0 Å². The van der Waals surface area contributed by atoms with Gasteiger partial charge in [-0.15, -0.1) is 0 Å². The third kappa shape index (κ3) is 5.13. The summed E-state index contributed by atoms with van der Waals surface area (Å²) < 4.78 is 13.3. The summed E-state index contributed by atoms with van der Waals surface area (Å²) in [6.07, 6.45) is 0. The highest BCUT2D eigenvalue weighted by Crippen LogP contribution is 2.14. The van der Waals surface area contributed by atoms with Crippen molar-refractivity contribution in [1.82, 2.24) is 0 Å². The zero-order valence-electron chi connectivity index (χ0n) is 8.40. The standard InChI is InChI=1S/C7H10O7Si/c1-4(8)12-7(15-11,13-5(2)9)14-6(3)10/h11H,1-3H3. The molecular weight excluding hydrogens is 224 g/mol. The molecular formula is C7H10O7Si. The predicted octanol–water partition coefficient (Wildman–Crippen LogP) is -1.10. The molecule has 0 spiro atoms. The van der Waals surface area contributed by atoms with Gasteiger partial charge in [0, 0.05) is 20.8 Å². The van der Waals surface area contributed by atoms with Gasteiger partial charge in [0.1, 0.15) is 0 Å². The molecule has 84 valence electrons. The summed E-state index contributed by atoms with van der Waals surface area (Å²) in [6.45, 7) is 3.05. The van der Waals surface area contributed by atoms with E-state index in [1.807, 2.05) is 0 Å². The maximum Gasteiger partial charge on any atom is 0.416 e. The van der Waals surface area contributed by atoms with Crippen molar-refractivity contribution in [1.29, 1.82) is 0 Å². The average molecular weight is 234 g/mol. The Morgan fingerprint density at radius 1 is 0.933 bits per heavy atom. The van der Waals surface area contributed by atoms with Gasteiger partial charge >= 0.3 is 33.3 Å². The molecule has 0 saturated heterocycles. The molecule has 0 saturated carbocycles. The highest BCUT2D eigenvalue weighted by molar-refractivity contribution is 6.29. The van der Waals surface area contributed by atoms with Crippen LogP contribution >= 0.6 is 0 Å². The molecule has 0 aromatic rings. The van der Waals surface area contributed by atoms with Crippen LogP contribution in [0.4, 0.5) is 0 Å². The Labute approximate surface area is 88.2 Å². The van der Waals surface area contributed by atoms with E-state index in [1.165, 1.54) is 0 Å². The second-order valence-electron chi connectivity index (χ2n) is 2.45. The van der Waals surface area contributed by atoms with Gasteiger partial charge in [-0.05, 0) is 0 Å². The molecule has 0 aliphatic carbocycles. The summed E-state index contributed by atoms with van der Waals surface area (Å²) >= 11 is 0. The minimum atomic E-state index is -2.36. The third-order valence-electron chi connectivity index (χ3n) is 0.971. The highest BCUT2D eigenvalue weighted by atomic mass is 28.2. The second-order valence-corrected chi connectivity index (χ2v) is 3.28. The van der Waals surface area contributed by atoms with Gasteiger partial charge in [0.25, 0.3) is 0 Å². The molecule has 0 fully saturated rings. The van der Waals surface area contributed by atoms with Crippen LogP contribution in [0.3, 0.4) is 0 Å². The van der Waals surface area contributed by atoms with Crippen molar-refractivity contribution in [3.63, 3.8) is 0 Å². The van der Waals surface area contributed by atoms with E-state index >= 15 is 0 Å². The minimum absolute atomic E-state index is 0.862. The molecule has 0 aliphatic rings. The van der Waals surface area contributed by atoms with Gasteiger partial charge in [-0.2, -0.15) is 0 Å². The van der Waals surface area contributed by atoms with Crippen LogP contribution in [0.25, 0.3) is 0 Å². The fraction of sp³-hybridized carbons (Fsp3) is 0.571. The molecule has 0 heterocycles. The molecule has 0 aromatic carbocycles. The number of hydrogen-bond acceptors (Lipinski definition) is 7. The largest absolute Gasteiger partial charge is 0.423 e. The zero-order chi connectivity index (χ0) is 12.1. The van der Waals surface area contributed by atoms with E-state index in [-0.39, 0.29) is 0 Å². The van der Waals surface area contributed by atoms with E-state index in [2.05, 4.69) is 14.2 Å². The molecule has 0 amide bonds. The highest BCUT2D eigenvalue weighted by Gasteiger charge is 2.42. The number of ether oxygens (including phenoxy) is 3. The Bertz CT molecular complexity index is 234. The van der Waals surface area contributed by atoms with Crippen molar-refractivity contribution in [3.8, 4) is 0 Å². The van der Waals surface area contributed by atoms with Crippen LogP contribution in [-0.4, -0.2) is 38.1 Å². The van der Waals surface area contributed by atoms with Crippen LogP contribution < -0.4 is 0 Å². The van der Waals surface area contributed by atoms with Gasteiger partial charge in [-0.3, -0.25) is 14.4 Å². The minimum Gasteiger partial charge on any atom is -0.423 e. The Morgan fingerprint density at radius 2 is 1.20 bits per heavy atom. The SMILES string of the molecule is CC(=O)OC(OC(C)=O)(OC(C)=O)[Si]O. The Hall–Kier alpha value is -1.41. The second kappa shape index (κ2) is 5.46. The predicted molar refractivity (Wildman–Crippen MR) is 46.0 cm³/mol. The van der Waals surface area contributed by atoms with E-state index in [1.54, 1.807) is 0 Å². The monoisotopic (exact) mass is 234 g/mol. The Balaban J connectivity index is 4.81. The van der Waals surface area contributed by atoms with E-state index in [4.69, 9.17) is 4.80 Å². The number of esters is 3. The van der Waals surface area contributed by atoms with Gasteiger partial charge in [0.15, 0.2) is 0 Å². The average Bonchev–Trinajstić information content (AvgIpc) is 1.99. The van der Waals surface area contributed by atoms with Crippen LogP contribution in [0, 0.1) is 0 Å². The Morgan fingerprint density at radius 3 is 1.33 bits per heavy atom. The molecule has 0 rings (SSSR count). The van der Waals surface area contributed by atoms with Crippen molar-refractivity contribution >= 4 is 27.7 Å². The fourth-order valence-electron chi connectivity index (χ4n) is 0.699. The summed E-state index contributed by atoms with van der Waals surface area (Å²) in [5, 5.41) is 0. The van der Waals surface area contributed by atoms with E-state index in [0.29, 0.717) is 0 Å². The van der Waals surface area contributed by atoms with Crippen molar-refractivity contribution in [3.05, 3.63) is 0 Å². The molecule has 8 heteroatoms. The third-order valence-corrected chi connectivity index (χ3v) is 1.55. The zero-order valence-corrected chi connectivity index (χ0v) is 9.40. The first-order valence-corrected chi connectivity index (χ1v) is 4.76. The number of hydrogen-bond donors (Lipinski definition) is 1. The lowest BCUT2D eigenvalue weighted by atomic mass is 10.8. The number of carbonyl (C=O) groups is 3. The molecule has 2 radical (unpaired) electrons. The molecule has 0 aromatic heterocycles. The van der Waals surface area contributed by atoms with Gasteiger partial charge in [-0.1, -0.05) is 0 Å². The topological polar surface area (TPSA) is 99.1 Å². The van der Waals surface area contributed by atoms with E-state index in [0.717, 1.165) is 20.8 Å². The first-order chi connectivity index (χ1) is 6.81. The van der Waals surface area contributed by atoms with E-state index < -0.39 is 33.3 Å². The summed E-state index contributed by atoms with van der Waals surface area (Å²) in [5.74, 6) is -2.59. The van der Waals surface area contributed by atoms with Gasteiger partial charge in [0.05, 0.1) is 0 Å². The van der Waals surface area contributed by atoms with Crippen molar-refractivity contribution < 1.29 is 33.4 Å². The summed E-state index contributed by atoms with van der Waals surface area (Å²) in [5.41, 5.74) is -2.36. The molecule has 0 atom stereocenters. The lowest BCUT2D eigenvalue weighted by Gasteiger charge is -2.27. The van der Waals surface area contributed by atoms with E-state index in [9.17, 15) is 14.4 Å². The molecule has 0 unspecified atom stereocenters.